The normalized spacial score (nSPS) is 10.4. The molecule has 24 heavy (non-hydrogen) atoms. The van der Waals surface area contributed by atoms with Gasteiger partial charge in [-0.15, -0.1) is 0 Å². The Balaban J connectivity index is 1.91. The Bertz CT molecular complexity index is 849. The molecule has 0 amide bonds. The Hall–Kier alpha value is -3.28. The Morgan fingerprint density at radius 3 is 2.50 bits per heavy atom. The SMILES string of the molecule is Cc1ccc(-c2nc(NCc3ccncc3)ncc2C(=O)O)cc1. The van der Waals surface area contributed by atoms with Crippen LogP contribution in [-0.2, 0) is 6.54 Å². The maximum Gasteiger partial charge on any atom is 0.339 e. The zero-order valence-electron chi connectivity index (χ0n) is 13.1. The summed E-state index contributed by atoms with van der Waals surface area (Å²) >= 11 is 0. The first-order valence-corrected chi connectivity index (χ1v) is 7.43. The molecule has 0 unspecified atom stereocenters. The van der Waals surface area contributed by atoms with E-state index in [2.05, 4.69) is 20.3 Å². The molecule has 2 heterocycles. The van der Waals surface area contributed by atoms with Crippen LogP contribution in [-0.4, -0.2) is 26.0 Å². The third-order valence-electron chi connectivity index (χ3n) is 3.54. The molecule has 2 N–H and O–H groups in total. The van der Waals surface area contributed by atoms with Gasteiger partial charge in [0.1, 0.15) is 5.56 Å². The lowest BCUT2D eigenvalue weighted by molar-refractivity contribution is 0.0697. The number of aryl methyl sites for hydroxylation is 1. The van der Waals surface area contributed by atoms with Gasteiger partial charge in [0, 0.05) is 30.7 Å². The molecule has 0 aliphatic heterocycles. The van der Waals surface area contributed by atoms with Crippen molar-refractivity contribution in [1.82, 2.24) is 15.0 Å². The Morgan fingerprint density at radius 1 is 1.12 bits per heavy atom. The van der Waals surface area contributed by atoms with Crippen molar-refractivity contribution in [2.75, 3.05) is 5.32 Å². The molecule has 0 radical (unpaired) electrons. The van der Waals surface area contributed by atoms with Crippen molar-refractivity contribution in [3.8, 4) is 11.3 Å². The van der Waals surface area contributed by atoms with Crippen LogP contribution in [0.25, 0.3) is 11.3 Å². The summed E-state index contributed by atoms with van der Waals surface area (Å²) in [5.41, 5.74) is 3.35. The van der Waals surface area contributed by atoms with E-state index >= 15 is 0 Å². The molecule has 0 atom stereocenters. The van der Waals surface area contributed by atoms with Crippen LogP contribution >= 0.6 is 0 Å². The number of aromatic nitrogens is 3. The van der Waals surface area contributed by atoms with E-state index in [1.165, 1.54) is 6.20 Å². The minimum Gasteiger partial charge on any atom is -0.478 e. The monoisotopic (exact) mass is 320 g/mol. The van der Waals surface area contributed by atoms with E-state index in [-0.39, 0.29) is 5.56 Å². The fourth-order valence-corrected chi connectivity index (χ4v) is 2.24. The lowest BCUT2D eigenvalue weighted by Crippen LogP contribution is -2.08. The highest BCUT2D eigenvalue weighted by Crippen LogP contribution is 2.23. The van der Waals surface area contributed by atoms with E-state index < -0.39 is 5.97 Å². The summed E-state index contributed by atoms with van der Waals surface area (Å²) < 4.78 is 0. The second-order valence-corrected chi connectivity index (χ2v) is 5.34. The molecular weight excluding hydrogens is 304 g/mol. The molecule has 6 heteroatoms. The van der Waals surface area contributed by atoms with Gasteiger partial charge >= 0.3 is 5.97 Å². The lowest BCUT2D eigenvalue weighted by atomic mass is 10.1. The molecule has 0 saturated heterocycles. The van der Waals surface area contributed by atoms with E-state index in [0.717, 1.165) is 16.7 Å². The minimum absolute atomic E-state index is 0.0771. The molecule has 0 bridgehead atoms. The summed E-state index contributed by atoms with van der Waals surface area (Å²) in [7, 11) is 0. The minimum atomic E-state index is -1.05. The summed E-state index contributed by atoms with van der Waals surface area (Å²) in [4.78, 5) is 23.9. The van der Waals surface area contributed by atoms with E-state index in [1.54, 1.807) is 12.4 Å². The molecule has 3 rings (SSSR count). The van der Waals surface area contributed by atoms with Gasteiger partial charge in [-0.25, -0.2) is 14.8 Å². The van der Waals surface area contributed by atoms with Crippen molar-refractivity contribution in [3.63, 3.8) is 0 Å². The zero-order chi connectivity index (χ0) is 16.9. The van der Waals surface area contributed by atoms with Crippen molar-refractivity contribution >= 4 is 11.9 Å². The number of nitrogens with zero attached hydrogens (tertiary/aromatic N) is 3. The lowest BCUT2D eigenvalue weighted by Gasteiger charge is -2.09. The van der Waals surface area contributed by atoms with Crippen molar-refractivity contribution in [3.05, 3.63) is 71.7 Å². The second-order valence-electron chi connectivity index (χ2n) is 5.34. The smallest absolute Gasteiger partial charge is 0.339 e. The van der Waals surface area contributed by atoms with Gasteiger partial charge in [0.15, 0.2) is 0 Å². The molecule has 2 aromatic heterocycles. The number of aromatic carboxylic acids is 1. The first-order chi connectivity index (χ1) is 11.6. The second kappa shape index (κ2) is 6.87. The third kappa shape index (κ3) is 3.55. The van der Waals surface area contributed by atoms with E-state index in [1.807, 2.05) is 43.3 Å². The zero-order valence-corrected chi connectivity index (χ0v) is 13.1. The molecule has 0 aliphatic rings. The van der Waals surface area contributed by atoms with Gasteiger partial charge in [0.2, 0.25) is 5.95 Å². The highest BCUT2D eigenvalue weighted by atomic mass is 16.4. The number of pyridine rings is 1. The Labute approximate surface area is 139 Å². The van der Waals surface area contributed by atoms with Gasteiger partial charge in [-0.1, -0.05) is 29.8 Å². The van der Waals surface area contributed by atoms with Crippen LogP contribution in [0.3, 0.4) is 0 Å². The summed E-state index contributed by atoms with van der Waals surface area (Å²) in [6.07, 6.45) is 4.76. The number of rotatable bonds is 5. The number of carboxylic acids is 1. The number of hydrogen-bond acceptors (Lipinski definition) is 5. The van der Waals surface area contributed by atoms with Crippen LogP contribution in [0.1, 0.15) is 21.5 Å². The number of anilines is 1. The van der Waals surface area contributed by atoms with Gasteiger partial charge in [0.05, 0.1) is 5.69 Å². The topological polar surface area (TPSA) is 88.0 Å². The van der Waals surface area contributed by atoms with E-state index in [9.17, 15) is 9.90 Å². The van der Waals surface area contributed by atoms with E-state index in [4.69, 9.17) is 0 Å². The standard InChI is InChI=1S/C18H16N4O2/c1-12-2-4-14(5-3-12)16-15(17(23)24)11-21-18(22-16)20-10-13-6-8-19-9-7-13/h2-9,11H,10H2,1H3,(H,23,24)(H,20,21,22). The van der Waals surface area contributed by atoms with Crippen molar-refractivity contribution in [2.45, 2.75) is 13.5 Å². The summed E-state index contributed by atoms with van der Waals surface area (Å²) in [5, 5.41) is 12.5. The molecule has 0 fully saturated rings. The van der Waals surface area contributed by atoms with Crippen molar-refractivity contribution in [2.24, 2.45) is 0 Å². The fourth-order valence-electron chi connectivity index (χ4n) is 2.24. The van der Waals surface area contributed by atoms with Gasteiger partial charge in [-0.2, -0.15) is 0 Å². The highest BCUT2D eigenvalue weighted by molar-refractivity contribution is 5.94. The van der Waals surface area contributed by atoms with Gasteiger partial charge in [-0.3, -0.25) is 4.98 Å². The molecule has 0 spiro atoms. The molecular formula is C18H16N4O2. The number of hydrogen-bond donors (Lipinski definition) is 2. The number of nitrogens with one attached hydrogen (secondary N) is 1. The fraction of sp³-hybridized carbons (Fsp3) is 0.111. The number of carboxylic acid groups (broad SMARTS) is 1. The molecule has 120 valence electrons. The van der Waals surface area contributed by atoms with Crippen LogP contribution in [0.4, 0.5) is 5.95 Å². The summed E-state index contributed by atoms with van der Waals surface area (Å²) in [5.74, 6) is -0.668. The molecule has 3 aromatic rings. The predicted octanol–water partition coefficient (Wildman–Crippen LogP) is 3.16. The van der Waals surface area contributed by atoms with E-state index in [0.29, 0.717) is 18.2 Å². The van der Waals surface area contributed by atoms with Crippen molar-refractivity contribution in [1.29, 1.82) is 0 Å². The van der Waals surface area contributed by atoms with Crippen LogP contribution in [0.15, 0.2) is 55.0 Å². The number of carbonyl (C=O) groups is 1. The highest BCUT2D eigenvalue weighted by Gasteiger charge is 2.15. The molecule has 1 aromatic carbocycles. The molecule has 6 nitrogen and oxygen atoms in total. The Kier molecular flexibility index (Phi) is 4.47. The first-order valence-electron chi connectivity index (χ1n) is 7.43. The van der Waals surface area contributed by atoms with Crippen LogP contribution < -0.4 is 5.32 Å². The van der Waals surface area contributed by atoms with Crippen LogP contribution in [0.5, 0.6) is 0 Å². The average molecular weight is 320 g/mol. The molecule has 0 saturated carbocycles. The quantitative estimate of drug-likeness (QED) is 0.751. The number of benzene rings is 1. The Morgan fingerprint density at radius 2 is 1.83 bits per heavy atom. The first kappa shape index (κ1) is 15.6. The summed E-state index contributed by atoms with van der Waals surface area (Å²) in [6, 6.07) is 11.3. The van der Waals surface area contributed by atoms with Crippen molar-refractivity contribution < 1.29 is 9.90 Å². The van der Waals surface area contributed by atoms with Crippen LogP contribution in [0, 0.1) is 6.92 Å². The van der Waals surface area contributed by atoms with Gasteiger partial charge < -0.3 is 10.4 Å². The van der Waals surface area contributed by atoms with Gasteiger partial charge in [-0.05, 0) is 24.6 Å². The molecule has 0 aliphatic carbocycles. The predicted molar refractivity (Wildman–Crippen MR) is 90.7 cm³/mol. The van der Waals surface area contributed by atoms with Crippen LogP contribution in [0.2, 0.25) is 0 Å². The maximum absolute atomic E-state index is 11.4. The maximum atomic E-state index is 11.4. The van der Waals surface area contributed by atoms with Gasteiger partial charge in [0.25, 0.3) is 0 Å². The third-order valence-corrected chi connectivity index (χ3v) is 3.54. The summed E-state index contributed by atoms with van der Waals surface area (Å²) in [6.45, 7) is 2.51. The average Bonchev–Trinajstić information content (AvgIpc) is 2.61. The largest absolute Gasteiger partial charge is 0.478 e.